The van der Waals surface area contributed by atoms with Crippen molar-refractivity contribution < 1.29 is 9.90 Å². The van der Waals surface area contributed by atoms with Crippen molar-refractivity contribution in [2.45, 2.75) is 65.2 Å². The number of carbonyl (C=O) groups excluding carboxylic acids is 1. The van der Waals surface area contributed by atoms with Crippen LogP contribution in [0.4, 0.5) is 0 Å². The quantitative estimate of drug-likeness (QED) is 0.655. The van der Waals surface area contributed by atoms with Crippen LogP contribution in [0.2, 0.25) is 0 Å². The van der Waals surface area contributed by atoms with E-state index in [2.05, 4.69) is 19.2 Å². The zero-order valence-corrected chi connectivity index (χ0v) is 12.0. The lowest BCUT2D eigenvalue weighted by molar-refractivity contribution is -0.121. The van der Waals surface area contributed by atoms with Crippen LogP contribution in [-0.4, -0.2) is 24.2 Å². The number of hydrogen-bond donors (Lipinski definition) is 2. The van der Waals surface area contributed by atoms with Crippen LogP contribution in [-0.2, 0) is 4.79 Å². The van der Waals surface area contributed by atoms with Gasteiger partial charge >= 0.3 is 0 Å². The SMILES string of the molecule is CC(C)CC1(CNC(=O)CCCCO)CCCC1. The Morgan fingerprint density at radius 1 is 1.28 bits per heavy atom. The van der Waals surface area contributed by atoms with Crippen molar-refractivity contribution in [3.8, 4) is 0 Å². The average molecular weight is 255 g/mol. The van der Waals surface area contributed by atoms with Gasteiger partial charge in [-0.15, -0.1) is 0 Å². The summed E-state index contributed by atoms with van der Waals surface area (Å²) < 4.78 is 0. The van der Waals surface area contributed by atoms with Gasteiger partial charge in [0.15, 0.2) is 0 Å². The van der Waals surface area contributed by atoms with E-state index in [0.29, 0.717) is 17.8 Å². The van der Waals surface area contributed by atoms with Gasteiger partial charge < -0.3 is 10.4 Å². The molecule has 106 valence electrons. The van der Waals surface area contributed by atoms with Gasteiger partial charge in [-0.1, -0.05) is 26.7 Å². The van der Waals surface area contributed by atoms with Gasteiger partial charge in [0.1, 0.15) is 0 Å². The summed E-state index contributed by atoms with van der Waals surface area (Å²) in [5.74, 6) is 0.855. The molecule has 0 aromatic heterocycles. The first-order valence-electron chi connectivity index (χ1n) is 7.45. The topological polar surface area (TPSA) is 49.3 Å². The Bertz CT molecular complexity index is 245. The van der Waals surface area contributed by atoms with Crippen molar-refractivity contribution >= 4 is 5.91 Å². The molecule has 18 heavy (non-hydrogen) atoms. The van der Waals surface area contributed by atoms with Gasteiger partial charge in [0.2, 0.25) is 5.91 Å². The van der Waals surface area contributed by atoms with E-state index in [1.165, 1.54) is 32.1 Å². The molecule has 1 aliphatic carbocycles. The Labute approximate surface area is 111 Å². The van der Waals surface area contributed by atoms with E-state index in [0.717, 1.165) is 19.4 Å². The van der Waals surface area contributed by atoms with Gasteiger partial charge in [-0.05, 0) is 43.4 Å². The summed E-state index contributed by atoms with van der Waals surface area (Å²) in [6, 6.07) is 0. The Morgan fingerprint density at radius 2 is 1.94 bits per heavy atom. The van der Waals surface area contributed by atoms with Crippen molar-refractivity contribution in [1.82, 2.24) is 5.32 Å². The highest BCUT2D eigenvalue weighted by atomic mass is 16.2. The van der Waals surface area contributed by atoms with Crippen molar-refractivity contribution in [3.63, 3.8) is 0 Å². The Kier molecular flexibility index (Phi) is 6.69. The van der Waals surface area contributed by atoms with Gasteiger partial charge in [-0.3, -0.25) is 4.79 Å². The first kappa shape index (κ1) is 15.5. The van der Waals surface area contributed by atoms with Crippen LogP contribution in [0.5, 0.6) is 0 Å². The molecule has 1 aliphatic rings. The fraction of sp³-hybridized carbons (Fsp3) is 0.933. The molecule has 1 rings (SSSR count). The number of aliphatic hydroxyl groups is 1. The van der Waals surface area contributed by atoms with Crippen molar-refractivity contribution in [2.75, 3.05) is 13.2 Å². The first-order valence-corrected chi connectivity index (χ1v) is 7.45. The number of amides is 1. The summed E-state index contributed by atoms with van der Waals surface area (Å²) in [7, 11) is 0. The van der Waals surface area contributed by atoms with Crippen LogP contribution in [0.3, 0.4) is 0 Å². The molecule has 0 radical (unpaired) electrons. The van der Waals surface area contributed by atoms with E-state index in [9.17, 15) is 4.79 Å². The van der Waals surface area contributed by atoms with Crippen LogP contribution in [0.15, 0.2) is 0 Å². The van der Waals surface area contributed by atoms with Crippen molar-refractivity contribution in [3.05, 3.63) is 0 Å². The van der Waals surface area contributed by atoms with Crippen molar-refractivity contribution in [2.24, 2.45) is 11.3 Å². The van der Waals surface area contributed by atoms with E-state index in [-0.39, 0.29) is 12.5 Å². The maximum Gasteiger partial charge on any atom is 0.220 e. The number of unbranched alkanes of at least 4 members (excludes halogenated alkanes) is 1. The summed E-state index contributed by atoms with van der Waals surface area (Å²) in [5.41, 5.74) is 0.362. The van der Waals surface area contributed by atoms with Crippen LogP contribution >= 0.6 is 0 Å². The monoisotopic (exact) mass is 255 g/mol. The molecule has 0 spiro atoms. The number of rotatable bonds is 8. The molecule has 3 heteroatoms. The zero-order valence-electron chi connectivity index (χ0n) is 12.0. The molecule has 1 fully saturated rings. The standard InChI is InChI=1S/C15H29NO2/c1-13(2)11-15(8-4-5-9-15)12-16-14(18)7-3-6-10-17/h13,17H,3-12H2,1-2H3,(H,16,18). The predicted molar refractivity (Wildman–Crippen MR) is 74.3 cm³/mol. The maximum absolute atomic E-state index is 11.7. The third-order valence-electron chi connectivity index (χ3n) is 3.98. The van der Waals surface area contributed by atoms with Crippen LogP contribution in [0.25, 0.3) is 0 Å². The van der Waals surface area contributed by atoms with E-state index >= 15 is 0 Å². The van der Waals surface area contributed by atoms with Crippen molar-refractivity contribution in [1.29, 1.82) is 0 Å². The lowest BCUT2D eigenvalue weighted by Crippen LogP contribution is -2.36. The molecule has 2 N–H and O–H groups in total. The summed E-state index contributed by atoms with van der Waals surface area (Å²) in [6.45, 7) is 5.57. The minimum absolute atomic E-state index is 0.151. The predicted octanol–water partition coefficient (Wildman–Crippen LogP) is 2.87. The zero-order chi connectivity index (χ0) is 13.4. The van der Waals surface area contributed by atoms with E-state index in [1.807, 2.05) is 0 Å². The first-order chi connectivity index (χ1) is 8.58. The summed E-state index contributed by atoms with van der Waals surface area (Å²) in [6.07, 6.45) is 8.46. The number of carbonyl (C=O) groups is 1. The highest BCUT2D eigenvalue weighted by molar-refractivity contribution is 5.75. The number of hydrogen-bond acceptors (Lipinski definition) is 2. The Hall–Kier alpha value is -0.570. The van der Waals surface area contributed by atoms with Gasteiger partial charge in [0.25, 0.3) is 0 Å². The third kappa shape index (κ3) is 5.38. The fourth-order valence-electron chi connectivity index (χ4n) is 3.22. The lowest BCUT2D eigenvalue weighted by Gasteiger charge is -2.31. The lowest BCUT2D eigenvalue weighted by atomic mass is 9.78. The van der Waals surface area contributed by atoms with Gasteiger partial charge in [-0.25, -0.2) is 0 Å². The van der Waals surface area contributed by atoms with Gasteiger partial charge in [0, 0.05) is 19.6 Å². The second-order valence-corrected chi connectivity index (χ2v) is 6.26. The normalized spacial score (nSPS) is 18.2. The number of aliphatic hydroxyl groups excluding tert-OH is 1. The summed E-state index contributed by atoms with van der Waals surface area (Å²) in [4.78, 5) is 11.7. The molecule has 0 aromatic rings. The van der Waals surface area contributed by atoms with E-state index < -0.39 is 0 Å². The highest BCUT2D eigenvalue weighted by Crippen LogP contribution is 2.42. The van der Waals surface area contributed by atoms with Gasteiger partial charge in [-0.2, -0.15) is 0 Å². The maximum atomic E-state index is 11.7. The molecule has 0 heterocycles. The van der Waals surface area contributed by atoms with Crippen LogP contribution < -0.4 is 5.32 Å². The molecule has 1 amide bonds. The molecule has 0 aromatic carbocycles. The molecule has 0 atom stereocenters. The van der Waals surface area contributed by atoms with E-state index in [1.54, 1.807) is 0 Å². The highest BCUT2D eigenvalue weighted by Gasteiger charge is 2.34. The second kappa shape index (κ2) is 7.78. The fourth-order valence-corrected chi connectivity index (χ4v) is 3.22. The second-order valence-electron chi connectivity index (χ2n) is 6.26. The average Bonchev–Trinajstić information content (AvgIpc) is 2.75. The molecule has 0 unspecified atom stereocenters. The van der Waals surface area contributed by atoms with E-state index in [4.69, 9.17) is 5.11 Å². The molecule has 3 nitrogen and oxygen atoms in total. The largest absolute Gasteiger partial charge is 0.396 e. The molecule has 1 saturated carbocycles. The third-order valence-corrected chi connectivity index (χ3v) is 3.98. The Morgan fingerprint density at radius 3 is 2.50 bits per heavy atom. The number of nitrogens with one attached hydrogen (secondary N) is 1. The van der Waals surface area contributed by atoms with Crippen LogP contribution in [0, 0.1) is 11.3 Å². The summed E-state index contributed by atoms with van der Waals surface area (Å²) in [5, 5.41) is 11.8. The summed E-state index contributed by atoms with van der Waals surface area (Å²) >= 11 is 0. The molecular weight excluding hydrogens is 226 g/mol. The molecule has 0 aliphatic heterocycles. The molecule has 0 saturated heterocycles. The Balaban J connectivity index is 2.31. The minimum Gasteiger partial charge on any atom is -0.396 e. The van der Waals surface area contributed by atoms with Gasteiger partial charge in [0.05, 0.1) is 0 Å². The minimum atomic E-state index is 0.151. The molecular formula is C15H29NO2. The molecule has 0 bridgehead atoms. The van der Waals surface area contributed by atoms with Crippen LogP contribution in [0.1, 0.15) is 65.2 Å². The smallest absolute Gasteiger partial charge is 0.220 e.